The molecule has 1 heterocycles. The molecule has 0 aromatic carbocycles. The van der Waals surface area contributed by atoms with E-state index in [9.17, 15) is 9.70 Å². The molecule has 0 aliphatic carbocycles. The lowest BCUT2D eigenvalue weighted by atomic mass is 10.4. The van der Waals surface area contributed by atoms with Gasteiger partial charge in [0.25, 0.3) is 0 Å². The Morgan fingerprint density at radius 2 is 2.50 bits per heavy atom. The topological polar surface area (TPSA) is 95.3 Å². The van der Waals surface area contributed by atoms with Crippen molar-refractivity contribution in [3.8, 4) is 0 Å². The summed E-state index contributed by atoms with van der Waals surface area (Å²) in [5.41, 5.74) is 0.00222. The molecule has 0 atom stereocenters. The third-order valence-electron chi connectivity index (χ3n) is 1.17. The molecule has 0 bridgehead atoms. The Balaban J connectivity index is 2.91. The highest BCUT2D eigenvalue weighted by molar-refractivity contribution is 5.87. The van der Waals surface area contributed by atoms with Crippen molar-refractivity contribution in [2.24, 2.45) is 0 Å². The van der Waals surface area contributed by atoms with Crippen LogP contribution in [0, 0.1) is 4.91 Å². The second kappa shape index (κ2) is 2.99. The van der Waals surface area contributed by atoms with Crippen LogP contribution in [0.1, 0.15) is 10.5 Å². The molecular weight excluding hydrogens is 166 g/mol. The van der Waals surface area contributed by atoms with E-state index in [2.05, 4.69) is 14.9 Å². The van der Waals surface area contributed by atoms with Gasteiger partial charge >= 0.3 is 11.8 Å². The standard InChI is InChI=1S/C5H5N3O4/c1-12-5(9)3-2-4(7-6-3)8(10)11/h2H,1H3,(H-,6,7,9,10,11)/p+1. The van der Waals surface area contributed by atoms with E-state index in [1.165, 1.54) is 7.11 Å². The van der Waals surface area contributed by atoms with Gasteiger partial charge in [0.1, 0.15) is 0 Å². The van der Waals surface area contributed by atoms with Crippen LogP contribution in [0.5, 0.6) is 0 Å². The van der Waals surface area contributed by atoms with Gasteiger partial charge in [0.05, 0.1) is 18.3 Å². The van der Waals surface area contributed by atoms with Gasteiger partial charge in [-0.2, -0.15) is 5.10 Å². The minimum Gasteiger partial charge on any atom is -0.464 e. The third kappa shape index (κ3) is 1.39. The van der Waals surface area contributed by atoms with Gasteiger partial charge in [-0.15, -0.1) is 0 Å². The molecule has 0 aliphatic heterocycles. The lowest BCUT2D eigenvalue weighted by molar-refractivity contribution is -0.732. The molecular formula is C5H6N3O4+. The molecule has 1 aromatic rings. The maximum Gasteiger partial charge on any atom is 0.434 e. The van der Waals surface area contributed by atoms with E-state index in [4.69, 9.17) is 5.21 Å². The van der Waals surface area contributed by atoms with Crippen molar-refractivity contribution in [3.05, 3.63) is 16.7 Å². The maximum absolute atomic E-state index is 10.8. The molecule has 0 unspecified atom stereocenters. The van der Waals surface area contributed by atoms with Gasteiger partial charge in [-0.05, 0) is 4.91 Å². The van der Waals surface area contributed by atoms with Crippen LogP contribution in [0.25, 0.3) is 0 Å². The molecule has 0 fully saturated rings. The Labute approximate surface area is 66.5 Å². The average molecular weight is 172 g/mol. The third-order valence-corrected chi connectivity index (χ3v) is 1.17. The van der Waals surface area contributed by atoms with Crippen LogP contribution in [0.2, 0.25) is 0 Å². The zero-order valence-corrected chi connectivity index (χ0v) is 6.14. The van der Waals surface area contributed by atoms with Gasteiger partial charge < -0.3 is 9.94 Å². The second-order valence-corrected chi connectivity index (χ2v) is 1.90. The molecule has 0 saturated carbocycles. The number of esters is 1. The van der Waals surface area contributed by atoms with Gasteiger partial charge in [-0.1, -0.05) is 0 Å². The molecule has 7 heteroatoms. The normalized spacial score (nSPS) is 9.42. The molecule has 0 saturated heterocycles. The van der Waals surface area contributed by atoms with E-state index >= 15 is 0 Å². The van der Waals surface area contributed by atoms with Gasteiger partial charge in [-0.25, -0.2) is 4.79 Å². The van der Waals surface area contributed by atoms with Crippen LogP contribution in [0.15, 0.2) is 6.07 Å². The van der Waals surface area contributed by atoms with Gasteiger partial charge in [0, 0.05) is 0 Å². The van der Waals surface area contributed by atoms with Crippen LogP contribution >= 0.6 is 0 Å². The molecule has 12 heavy (non-hydrogen) atoms. The number of nitrogens with zero attached hydrogens (tertiary/aromatic N) is 2. The molecule has 7 nitrogen and oxygen atoms in total. The van der Waals surface area contributed by atoms with E-state index in [1.54, 1.807) is 0 Å². The first kappa shape index (κ1) is 8.18. The van der Waals surface area contributed by atoms with Crippen LogP contribution in [0.4, 0.5) is 5.82 Å². The quantitative estimate of drug-likeness (QED) is 0.483. The number of aromatic nitrogens is 2. The highest BCUT2D eigenvalue weighted by atomic mass is 16.6. The molecule has 1 rings (SSSR count). The lowest BCUT2D eigenvalue weighted by Crippen LogP contribution is -2.00. The van der Waals surface area contributed by atoms with Crippen LogP contribution in [0.3, 0.4) is 0 Å². The van der Waals surface area contributed by atoms with Crippen molar-refractivity contribution in [3.63, 3.8) is 0 Å². The second-order valence-electron chi connectivity index (χ2n) is 1.90. The lowest BCUT2D eigenvalue weighted by Gasteiger charge is -1.88. The van der Waals surface area contributed by atoms with Crippen molar-refractivity contribution < 1.29 is 19.7 Å². The molecule has 64 valence electrons. The monoisotopic (exact) mass is 172 g/mol. The summed E-state index contributed by atoms with van der Waals surface area (Å²) < 4.78 is 4.32. The highest BCUT2D eigenvalue weighted by Gasteiger charge is 2.20. The Bertz CT molecular complexity index is 318. The summed E-state index contributed by atoms with van der Waals surface area (Å²) in [6, 6.07) is 1.07. The van der Waals surface area contributed by atoms with Gasteiger partial charge in [0.2, 0.25) is 0 Å². The molecule has 1 aromatic heterocycles. The van der Waals surface area contributed by atoms with Crippen molar-refractivity contribution in [2.45, 2.75) is 0 Å². The largest absolute Gasteiger partial charge is 0.464 e. The first-order chi connectivity index (χ1) is 5.65. The number of carbonyl (C=O) groups is 1. The highest BCUT2D eigenvalue weighted by Crippen LogP contribution is 2.07. The fourth-order valence-corrected chi connectivity index (χ4v) is 0.624. The summed E-state index contributed by atoms with van der Waals surface area (Å²) in [4.78, 5) is 20.5. The van der Waals surface area contributed by atoms with Gasteiger partial charge in [-0.3, -0.25) is 0 Å². The fourth-order valence-electron chi connectivity index (χ4n) is 0.624. The number of aromatic amines is 1. The Kier molecular flexibility index (Phi) is 2.04. The summed E-state index contributed by atoms with van der Waals surface area (Å²) in [5.74, 6) is -0.953. The zero-order chi connectivity index (χ0) is 9.14. The number of H-pyrrole nitrogens is 1. The summed E-state index contributed by atoms with van der Waals surface area (Å²) in [7, 11) is 1.19. The summed E-state index contributed by atoms with van der Waals surface area (Å²) >= 11 is 0. The summed E-state index contributed by atoms with van der Waals surface area (Å²) in [5, 5.41) is 13.9. The number of nitrogens with one attached hydrogen (secondary N) is 1. The fraction of sp³-hybridized carbons (Fsp3) is 0.200. The molecule has 0 aliphatic rings. The van der Waals surface area contributed by atoms with E-state index in [0.717, 1.165) is 6.07 Å². The van der Waals surface area contributed by atoms with Crippen LogP contribution in [-0.4, -0.2) is 33.4 Å². The van der Waals surface area contributed by atoms with Crippen LogP contribution < -0.4 is 0 Å². The Morgan fingerprint density at radius 3 is 2.92 bits per heavy atom. The number of methoxy groups -OCH3 is 1. The smallest absolute Gasteiger partial charge is 0.434 e. The van der Waals surface area contributed by atoms with E-state index in [1.807, 2.05) is 0 Å². The molecule has 2 N–H and O–H groups in total. The van der Waals surface area contributed by atoms with Crippen molar-refractivity contribution >= 4 is 11.8 Å². The van der Waals surface area contributed by atoms with Crippen LogP contribution in [-0.2, 0) is 4.74 Å². The van der Waals surface area contributed by atoms with E-state index < -0.39 is 10.9 Å². The van der Waals surface area contributed by atoms with Crippen molar-refractivity contribution in [1.82, 2.24) is 10.2 Å². The molecule has 0 spiro atoms. The number of carbonyl (C=O) groups excluding carboxylic acids is 1. The number of hydrogen-bond donors (Lipinski definition) is 2. The zero-order valence-electron chi connectivity index (χ0n) is 6.14. The predicted octanol–water partition coefficient (Wildman–Crippen LogP) is -0.00410. The number of hydrogen-bond acceptors (Lipinski definition) is 4. The average Bonchev–Trinajstić information content (AvgIpc) is 2.51. The number of rotatable bonds is 2. The number of ether oxygens (including phenoxy) is 1. The van der Waals surface area contributed by atoms with Crippen molar-refractivity contribution in [2.75, 3.05) is 7.11 Å². The first-order valence-corrected chi connectivity index (χ1v) is 2.95. The Morgan fingerprint density at radius 1 is 1.83 bits per heavy atom. The van der Waals surface area contributed by atoms with Crippen molar-refractivity contribution in [1.29, 1.82) is 0 Å². The summed E-state index contributed by atoms with van der Waals surface area (Å²) in [6.45, 7) is 0. The maximum atomic E-state index is 10.8. The minimum atomic E-state index is -0.657. The SMILES string of the molecule is COC(=O)c1cc([N+](=O)O)n[nH]1. The summed E-state index contributed by atoms with van der Waals surface area (Å²) in [6.07, 6.45) is 0. The van der Waals surface area contributed by atoms with Gasteiger partial charge in [0.15, 0.2) is 10.6 Å². The Hall–Kier alpha value is -1.92. The first-order valence-electron chi connectivity index (χ1n) is 2.95. The molecule has 0 amide bonds. The predicted molar refractivity (Wildman–Crippen MR) is 35.0 cm³/mol. The van der Waals surface area contributed by atoms with E-state index in [-0.39, 0.29) is 11.5 Å². The molecule has 0 radical (unpaired) electrons. The van der Waals surface area contributed by atoms with E-state index in [0.29, 0.717) is 0 Å². The minimum absolute atomic E-state index is 0.00222.